The maximum atomic E-state index is 12.5. The van der Waals surface area contributed by atoms with E-state index in [0.29, 0.717) is 37.7 Å². The average molecular weight is 426 g/mol. The summed E-state index contributed by atoms with van der Waals surface area (Å²) in [5.41, 5.74) is 4.30. The Kier molecular flexibility index (Phi) is 7.53. The van der Waals surface area contributed by atoms with Crippen molar-refractivity contribution in [3.8, 4) is 6.07 Å². The van der Waals surface area contributed by atoms with Gasteiger partial charge in [0.05, 0.1) is 5.56 Å². The monoisotopic (exact) mass is 425 g/mol. The molecule has 1 aromatic rings. The van der Waals surface area contributed by atoms with Gasteiger partial charge in [-0.25, -0.2) is 4.98 Å². The fourth-order valence-corrected chi connectivity index (χ4v) is 4.44. The van der Waals surface area contributed by atoms with Crippen molar-refractivity contribution >= 4 is 17.6 Å². The van der Waals surface area contributed by atoms with Gasteiger partial charge >= 0.3 is 11.8 Å². The number of hydrogen-bond donors (Lipinski definition) is 1. The molecule has 0 radical (unpaired) electrons. The number of piperazine rings is 1. The second-order valence-electron chi connectivity index (χ2n) is 9.19. The molecule has 1 aliphatic carbocycles. The second-order valence-corrected chi connectivity index (χ2v) is 9.19. The number of carbonyl (C=O) groups is 2. The number of anilines is 1. The molecule has 168 valence electrons. The highest BCUT2D eigenvalue weighted by Crippen LogP contribution is 2.33. The molecule has 7 nitrogen and oxygen atoms in total. The molecule has 1 atom stereocenters. The predicted molar refractivity (Wildman–Crippen MR) is 121 cm³/mol. The van der Waals surface area contributed by atoms with Gasteiger partial charge in [-0.2, -0.15) is 5.26 Å². The van der Waals surface area contributed by atoms with Crippen molar-refractivity contribution in [2.75, 3.05) is 31.1 Å². The molecule has 3 rings (SSSR count). The van der Waals surface area contributed by atoms with Crippen LogP contribution in [0, 0.1) is 17.2 Å². The van der Waals surface area contributed by atoms with Crippen molar-refractivity contribution in [2.24, 2.45) is 5.92 Å². The van der Waals surface area contributed by atoms with Crippen LogP contribution in [0.2, 0.25) is 0 Å². The molecule has 0 spiro atoms. The van der Waals surface area contributed by atoms with E-state index in [0.717, 1.165) is 50.0 Å². The minimum Gasteiger partial charge on any atom is -0.352 e. The highest BCUT2D eigenvalue weighted by molar-refractivity contribution is 6.35. The number of nitriles is 1. The third kappa shape index (κ3) is 5.17. The van der Waals surface area contributed by atoms with E-state index >= 15 is 0 Å². The highest BCUT2D eigenvalue weighted by Gasteiger charge is 2.30. The quantitative estimate of drug-likeness (QED) is 0.733. The van der Waals surface area contributed by atoms with Gasteiger partial charge in [-0.1, -0.05) is 20.8 Å². The minimum absolute atomic E-state index is 0.0185. The third-order valence-corrected chi connectivity index (χ3v) is 6.35. The zero-order chi connectivity index (χ0) is 22.5. The molecule has 2 heterocycles. The summed E-state index contributed by atoms with van der Waals surface area (Å²) in [4.78, 5) is 33.4. The first kappa shape index (κ1) is 23.1. The largest absolute Gasteiger partial charge is 0.352 e. The number of aromatic nitrogens is 1. The fraction of sp³-hybridized carbons (Fsp3) is 0.667. The van der Waals surface area contributed by atoms with E-state index < -0.39 is 11.8 Å². The van der Waals surface area contributed by atoms with E-state index in [2.05, 4.69) is 30.1 Å². The van der Waals surface area contributed by atoms with Gasteiger partial charge in [0.25, 0.3) is 0 Å². The van der Waals surface area contributed by atoms with Gasteiger partial charge in [-0.15, -0.1) is 0 Å². The molecule has 2 amide bonds. The molecule has 1 aromatic heterocycles. The van der Waals surface area contributed by atoms with E-state index in [1.54, 1.807) is 4.90 Å². The Labute approximate surface area is 185 Å². The summed E-state index contributed by atoms with van der Waals surface area (Å²) in [7, 11) is 0. The molecule has 31 heavy (non-hydrogen) atoms. The smallest absolute Gasteiger partial charge is 0.312 e. The van der Waals surface area contributed by atoms with E-state index in [1.807, 2.05) is 13.8 Å². The van der Waals surface area contributed by atoms with Gasteiger partial charge in [0.2, 0.25) is 0 Å². The number of nitrogens with one attached hydrogen (secondary N) is 1. The normalized spacial score (nSPS) is 17.2. The minimum atomic E-state index is -0.536. The molecule has 7 heteroatoms. The average Bonchev–Trinajstić information content (AvgIpc) is 2.78. The summed E-state index contributed by atoms with van der Waals surface area (Å²) in [6.45, 7) is 10.3. The van der Waals surface area contributed by atoms with Crippen LogP contribution in [-0.4, -0.2) is 53.9 Å². The molecule has 0 unspecified atom stereocenters. The number of pyridine rings is 1. The van der Waals surface area contributed by atoms with Crippen LogP contribution >= 0.6 is 0 Å². The van der Waals surface area contributed by atoms with Crippen LogP contribution in [0.1, 0.15) is 69.3 Å². The van der Waals surface area contributed by atoms with Crippen LogP contribution in [0.4, 0.5) is 5.82 Å². The van der Waals surface area contributed by atoms with Crippen molar-refractivity contribution in [3.63, 3.8) is 0 Å². The van der Waals surface area contributed by atoms with Crippen molar-refractivity contribution in [3.05, 3.63) is 22.4 Å². The molecular formula is C24H35N5O2. The van der Waals surface area contributed by atoms with Gasteiger partial charge in [-0.05, 0) is 62.5 Å². The first-order valence-electron chi connectivity index (χ1n) is 11.6. The highest BCUT2D eigenvalue weighted by atomic mass is 16.2. The van der Waals surface area contributed by atoms with E-state index in [1.165, 1.54) is 11.1 Å². The third-order valence-electron chi connectivity index (χ3n) is 6.35. The topological polar surface area (TPSA) is 89.3 Å². The van der Waals surface area contributed by atoms with Crippen LogP contribution in [-0.2, 0) is 28.9 Å². The Morgan fingerprint density at radius 1 is 1.10 bits per heavy atom. The number of fused-ring (bicyclic) bond motifs is 1. The molecule has 0 saturated carbocycles. The zero-order valence-electron chi connectivity index (χ0n) is 19.3. The van der Waals surface area contributed by atoms with Gasteiger partial charge in [0.15, 0.2) is 0 Å². The standard InChI is InChI=1S/C24H35N5O2/c1-5-17(4)26-23(30)24(31)29-12-10-28(11-13-29)22-20(15-25)18-8-6-7-9-19(18)21(27-22)14-16(2)3/h16-17H,5-14H2,1-4H3,(H,26,30)/t17-/m0/s1. The van der Waals surface area contributed by atoms with Crippen molar-refractivity contribution in [1.82, 2.24) is 15.2 Å². The van der Waals surface area contributed by atoms with Crippen LogP contribution in [0.5, 0.6) is 0 Å². The SMILES string of the molecule is CC[C@H](C)NC(=O)C(=O)N1CCN(c2nc(CC(C)C)c3c(c2C#N)CCCC3)CC1. The van der Waals surface area contributed by atoms with Gasteiger partial charge in [0, 0.05) is 37.9 Å². The molecule has 1 saturated heterocycles. The molecular weight excluding hydrogens is 390 g/mol. The number of amides is 2. The summed E-state index contributed by atoms with van der Waals surface area (Å²) < 4.78 is 0. The summed E-state index contributed by atoms with van der Waals surface area (Å²) in [5.74, 6) is 0.249. The molecule has 2 aliphatic rings. The maximum absolute atomic E-state index is 12.5. The summed E-state index contributed by atoms with van der Waals surface area (Å²) in [6, 6.07) is 2.41. The predicted octanol–water partition coefficient (Wildman–Crippen LogP) is 2.59. The molecule has 1 N–H and O–H groups in total. The van der Waals surface area contributed by atoms with Gasteiger partial charge < -0.3 is 15.1 Å². The summed E-state index contributed by atoms with van der Waals surface area (Å²) in [5, 5.41) is 12.7. The lowest BCUT2D eigenvalue weighted by molar-refractivity contribution is -0.146. The fourth-order valence-electron chi connectivity index (χ4n) is 4.44. The van der Waals surface area contributed by atoms with E-state index in [9.17, 15) is 14.9 Å². The lowest BCUT2D eigenvalue weighted by Crippen LogP contribution is -2.53. The number of rotatable bonds is 5. The Hall–Kier alpha value is -2.62. The van der Waals surface area contributed by atoms with E-state index in [4.69, 9.17) is 4.98 Å². The Morgan fingerprint density at radius 3 is 2.32 bits per heavy atom. The molecule has 0 aromatic carbocycles. The van der Waals surface area contributed by atoms with Crippen molar-refractivity contribution < 1.29 is 9.59 Å². The summed E-state index contributed by atoms with van der Waals surface area (Å²) in [6.07, 6.45) is 5.91. The Balaban J connectivity index is 1.79. The maximum Gasteiger partial charge on any atom is 0.312 e. The van der Waals surface area contributed by atoms with Crippen LogP contribution in [0.15, 0.2) is 0 Å². The van der Waals surface area contributed by atoms with Crippen LogP contribution in [0.25, 0.3) is 0 Å². The lowest BCUT2D eigenvalue weighted by atomic mass is 9.85. The van der Waals surface area contributed by atoms with Gasteiger partial charge in [0.1, 0.15) is 11.9 Å². The second kappa shape index (κ2) is 10.1. The number of hydrogen-bond acceptors (Lipinski definition) is 5. The molecule has 1 fully saturated rings. The van der Waals surface area contributed by atoms with Crippen LogP contribution < -0.4 is 10.2 Å². The number of nitrogens with zero attached hydrogens (tertiary/aromatic N) is 4. The Morgan fingerprint density at radius 2 is 1.74 bits per heavy atom. The first-order valence-corrected chi connectivity index (χ1v) is 11.6. The molecule has 1 aliphatic heterocycles. The Bertz CT molecular complexity index is 866. The van der Waals surface area contributed by atoms with Crippen molar-refractivity contribution in [1.29, 1.82) is 5.26 Å². The van der Waals surface area contributed by atoms with Gasteiger partial charge in [-0.3, -0.25) is 9.59 Å². The van der Waals surface area contributed by atoms with Crippen LogP contribution in [0.3, 0.4) is 0 Å². The molecule has 0 bridgehead atoms. The summed E-state index contributed by atoms with van der Waals surface area (Å²) >= 11 is 0. The zero-order valence-corrected chi connectivity index (χ0v) is 19.3. The lowest BCUT2D eigenvalue weighted by Gasteiger charge is -2.36. The first-order chi connectivity index (χ1) is 14.8. The van der Waals surface area contributed by atoms with Crippen molar-refractivity contribution in [2.45, 2.75) is 72.3 Å². The number of carbonyl (C=O) groups excluding carboxylic acids is 2. The van der Waals surface area contributed by atoms with E-state index in [-0.39, 0.29) is 6.04 Å².